The maximum Gasteiger partial charge on any atom is 0.0137 e. The van der Waals surface area contributed by atoms with Gasteiger partial charge >= 0.3 is 0 Å². The monoisotopic (exact) mass is 564 g/mol. The number of fused-ring (bicyclic) bond motifs is 4. The van der Waals surface area contributed by atoms with Crippen LogP contribution in [0.4, 0.5) is 0 Å². The van der Waals surface area contributed by atoms with E-state index >= 15 is 0 Å². The lowest BCUT2D eigenvalue weighted by atomic mass is 9.69. The van der Waals surface area contributed by atoms with Crippen molar-refractivity contribution in [2.24, 2.45) is 17.8 Å². The van der Waals surface area contributed by atoms with Gasteiger partial charge in [-0.15, -0.1) is 0 Å². The van der Waals surface area contributed by atoms with E-state index in [0.29, 0.717) is 5.92 Å². The third-order valence-electron chi connectivity index (χ3n) is 9.47. The van der Waals surface area contributed by atoms with Crippen LogP contribution in [0.15, 0.2) is 152 Å². The molecule has 0 aliphatic heterocycles. The Morgan fingerprint density at radius 1 is 0.500 bits per heavy atom. The van der Waals surface area contributed by atoms with Gasteiger partial charge in [-0.05, 0) is 89.4 Å². The summed E-state index contributed by atoms with van der Waals surface area (Å²) >= 11 is 0. The van der Waals surface area contributed by atoms with E-state index in [1.807, 2.05) is 0 Å². The summed E-state index contributed by atoms with van der Waals surface area (Å²) in [6, 6.07) is 47.6. The standard InChI is InChI=1S/C44H36/c1-29(2)26-30-18-25-41-42(27-30)44(36-24-19-31-10-3-4-12-35(31)28-36)40-16-8-7-15-39(40)43(41)34-22-20-33(21-23-34)38-17-9-13-32-11-5-6-14-37(32)38/h3-25,27-29,39-40H,26H2,1-2H3. The van der Waals surface area contributed by atoms with E-state index in [9.17, 15) is 0 Å². The summed E-state index contributed by atoms with van der Waals surface area (Å²) in [6.45, 7) is 4.63. The van der Waals surface area contributed by atoms with Crippen molar-refractivity contribution < 1.29 is 0 Å². The fourth-order valence-corrected chi connectivity index (χ4v) is 7.52. The summed E-state index contributed by atoms with van der Waals surface area (Å²) in [6.07, 6.45) is 10.4. The molecule has 0 radical (unpaired) electrons. The Bertz CT molecular complexity index is 2220. The van der Waals surface area contributed by atoms with Crippen molar-refractivity contribution in [1.82, 2.24) is 0 Å². The predicted octanol–water partition coefficient (Wildman–Crippen LogP) is 9.63. The van der Waals surface area contributed by atoms with Gasteiger partial charge in [-0.25, -0.2) is 0 Å². The van der Waals surface area contributed by atoms with Gasteiger partial charge in [0.05, 0.1) is 0 Å². The molecule has 0 spiro atoms. The van der Waals surface area contributed by atoms with E-state index in [-0.39, 0.29) is 11.8 Å². The molecule has 2 unspecified atom stereocenters. The fraction of sp³-hybridized carbons (Fsp3) is 0.136. The number of benzene rings is 6. The van der Waals surface area contributed by atoms with Crippen LogP contribution in [0.2, 0.25) is 0 Å². The van der Waals surface area contributed by atoms with Crippen LogP contribution in [0.1, 0.15) is 30.5 Å². The average Bonchev–Trinajstić information content (AvgIpc) is 3.06. The molecule has 0 heterocycles. The van der Waals surface area contributed by atoms with Gasteiger partial charge in [-0.1, -0.05) is 159 Å². The van der Waals surface area contributed by atoms with Gasteiger partial charge in [0, 0.05) is 11.8 Å². The van der Waals surface area contributed by atoms with Gasteiger partial charge in [-0.2, -0.15) is 0 Å². The van der Waals surface area contributed by atoms with Gasteiger partial charge in [0.1, 0.15) is 0 Å². The highest BCUT2D eigenvalue weighted by molar-refractivity contribution is 5.97. The summed E-state index contributed by atoms with van der Waals surface area (Å²) in [7, 11) is 0. The molecule has 0 aromatic heterocycles. The van der Waals surface area contributed by atoms with E-state index in [2.05, 4.69) is 166 Å². The zero-order chi connectivity index (χ0) is 29.6. The number of hydrogen-bond donors (Lipinski definition) is 0. The maximum absolute atomic E-state index is 2.49. The van der Waals surface area contributed by atoms with Gasteiger partial charge in [0.25, 0.3) is 0 Å². The summed E-state index contributed by atoms with van der Waals surface area (Å²) in [5.41, 5.74) is 9.46. The van der Waals surface area contributed by atoms with Crippen LogP contribution < -0.4 is 10.4 Å². The Labute approximate surface area is 260 Å². The third kappa shape index (κ3) is 4.63. The Kier molecular flexibility index (Phi) is 6.64. The Morgan fingerprint density at radius 2 is 1.14 bits per heavy atom. The Hall–Kier alpha value is -4.94. The lowest BCUT2D eigenvalue weighted by molar-refractivity contribution is 0.645. The molecule has 0 saturated carbocycles. The molecule has 6 aromatic carbocycles. The van der Waals surface area contributed by atoms with Gasteiger partial charge in [0.2, 0.25) is 0 Å². The molecule has 0 N–H and O–H groups in total. The van der Waals surface area contributed by atoms with Crippen LogP contribution in [0.25, 0.3) is 43.8 Å². The lowest BCUT2D eigenvalue weighted by Gasteiger charge is -2.33. The highest BCUT2D eigenvalue weighted by atomic mass is 14.3. The summed E-state index contributed by atoms with van der Waals surface area (Å²) < 4.78 is 0. The van der Waals surface area contributed by atoms with Gasteiger partial charge in [-0.3, -0.25) is 0 Å². The second kappa shape index (κ2) is 11.0. The predicted molar refractivity (Wildman–Crippen MR) is 188 cm³/mol. The normalized spacial score (nSPS) is 17.3. The first kappa shape index (κ1) is 26.7. The van der Waals surface area contributed by atoms with E-state index in [4.69, 9.17) is 0 Å². The summed E-state index contributed by atoms with van der Waals surface area (Å²) in [5.74, 6) is 1.15. The zero-order valence-corrected chi connectivity index (χ0v) is 25.4. The minimum Gasteiger partial charge on any atom is -0.0760 e. The van der Waals surface area contributed by atoms with Crippen molar-refractivity contribution in [2.75, 3.05) is 0 Å². The molecule has 0 fully saturated rings. The van der Waals surface area contributed by atoms with Crippen LogP contribution in [0.3, 0.4) is 0 Å². The van der Waals surface area contributed by atoms with E-state index in [1.54, 1.807) is 0 Å². The van der Waals surface area contributed by atoms with Crippen molar-refractivity contribution in [3.05, 3.63) is 179 Å². The second-order valence-electron chi connectivity index (χ2n) is 12.8. The van der Waals surface area contributed by atoms with Crippen LogP contribution in [-0.2, 0) is 6.42 Å². The molecule has 0 heteroatoms. The van der Waals surface area contributed by atoms with Crippen molar-refractivity contribution in [3.63, 3.8) is 0 Å². The minimum absolute atomic E-state index is 0.272. The molecular formula is C44H36. The summed E-state index contributed by atoms with van der Waals surface area (Å²) in [5, 5.41) is 7.90. The molecule has 2 aliphatic rings. The van der Waals surface area contributed by atoms with Gasteiger partial charge in [0.15, 0.2) is 0 Å². The highest BCUT2D eigenvalue weighted by Crippen LogP contribution is 2.41. The van der Waals surface area contributed by atoms with E-state index < -0.39 is 0 Å². The van der Waals surface area contributed by atoms with Crippen LogP contribution in [0, 0.1) is 17.8 Å². The first-order valence-electron chi connectivity index (χ1n) is 15.9. The van der Waals surface area contributed by atoms with Crippen molar-refractivity contribution in [1.29, 1.82) is 0 Å². The smallest absolute Gasteiger partial charge is 0.0137 e. The van der Waals surface area contributed by atoms with Gasteiger partial charge < -0.3 is 0 Å². The molecule has 0 bridgehead atoms. The molecule has 0 saturated heterocycles. The Morgan fingerprint density at radius 3 is 1.91 bits per heavy atom. The molecule has 212 valence electrons. The van der Waals surface area contributed by atoms with Crippen LogP contribution >= 0.6 is 0 Å². The average molecular weight is 565 g/mol. The highest BCUT2D eigenvalue weighted by Gasteiger charge is 2.32. The SMILES string of the molecule is CC(C)Cc1ccc2c(c1)=C(c1ccc3ccccc3c1)C1C=CC=CC1C=2c1ccc(-c2cccc3ccccc23)cc1. The first-order valence-corrected chi connectivity index (χ1v) is 15.9. The fourth-order valence-electron chi connectivity index (χ4n) is 7.52. The molecule has 0 amide bonds. The second-order valence-corrected chi connectivity index (χ2v) is 12.8. The molecule has 44 heavy (non-hydrogen) atoms. The molecule has 0 nitrogen and oxygen atoms in total. The topological polar surface area (TPSA) is 0 Å². The largest absolute Gasteiger partial charge is 0.0760 e. The maximum atomic E-state index is 2.49. The quantitative estimate of drug-likeness (QED) is 0.196. The molecule has 8 rings (SSSR count). The van der Waals surface area contributed by atoms with Crippen LogP contribution in [-0.4, -0.2) is 0 Å². The summed E-state index contributed by atoms with van der Waals surface area (Å²) in [4.78, 5) is 0. The molecule has 2 aliphatic carbocycles. The van der Waals surface area contributed by atoms with E-state index in [1.165, 1.54) is 70.9 Å². The van der Waals surface area contributed by atoms with Crippen LogP contribution in [0.5, 0.6) is 0 Å². The van der Waals surface area contributed by atoms with Crippen molar-refractivity contribution in [2.45, 2.75) is 20.3 Å². The molecular weight excluding hydrogens is 528 g/mol. The Balaban J connectivity index is 1.37. The minimum atomic E-state index is 0.272. The number of hydrogen-bond acceptors (Lipinski definition) is 0. The first-order chi connectivity index (χ1) is 21.6. The third-order valence-corrected chi connectivity index (χ3v) is 9.47. The zero-order valence-electron chi connectivity index (χ0n) is 25.4. The number of allylic oxidation sites excluding steroid dienone is 4. The van der Waals surface area contributed by atoms with Crippen molar-refractivity contribution in [3.8, 4) is 11.1 Å². The lowest BCUT2D eigenvalue weighted by Crippen LogP contribution is -2.40. The van der Waals surface area contributed by atoms with Crippen molar-refractivity contribution >= 4 is 32.7 Å². The molecule has 6 aromatic rings. The molecule has 2 atom stereocenters. The number of rotatable bonds is 5. The van der Waals surface area contributed by atoms with E-state index in [0.717, 1.165) is 6.42 Å².